The molecule has 3 heterocycles. The number of imidazole rings is 1. The minimum absolute atomic E-state index is 0.0353. The number of fused-ring (bicyclic) bond motifs is 1. The number of hydrogen-bond acceptors (Lipinski definition) is 4. The molecule has 4 saturated carbocycles. The van der Waals surface area contributed by atoms with Crippen LogP contribution in [0.25, 0.3) is 11.0 Å². The van der Waals surface area contributed by atoms with E-state index in [0.29, 0.717) is 6.54 Å². The number of H-pyrrole nitrogens is 1. The van der Waals surface area contributed by atoms with Crippen LogP contribution in [0.5, 0.6) is 0 Å². The lowest BCUT2D eigenvalue weighted by molar-refractivity contribution is -0.160. The van der Waals surface area contributed by atoms with Gasteiger partial charge in [-0.3, -0.25) is 9.59 Å². The summed E-state index contributed by atoms with van der Waals surface area (Å²) >= 11 is 0. The van der Waals surface area contributed by atoms with E-state index in [1.807, 2.05) is 23.1 Å². The van der Waals surface area contributed by atoms with Crippen molar-refractivity contribution in [3.05, 3.63) is 24.0 Å². The van der Waals surface area contributed by atoms with Crippen LogP contribution in [0.15, 0.2) is 18.2 Å². The van der Waals surface area contributed by atoms with E-state index in [2.05, 4.69) is 15.3 Å². The first-order chi connectivity index (χ1) is 16.6. The van der Waals surface area contributed by atoms with E-state index in [0.717, 1.165) is 91.9 Å². The first kappa shape index (κ1) is 20.9. The van der Waals surface area contributed by atoms with Crippen LogP contribution < -0.4 is 5.32 Å². The molecule has 7 nitrogen and oxygen atoms in total. The van der Waals surface area contributed by atoms with Gasteiger partial charge in [0.05, 0.1) is 16.4 Å². The summed E-state index contributed by atoms with van der Waals surface area (Å²) in [4.78, 5) is 37.2. The molecule has 7 heteroatoms. The number of rotatable bonds is 4. The van der Waals surface area contributed by atoms with Crippen molar-refractivity contribution in [1.29, 1.82) is 0 Å². The lowest BCUT2D eigenvalue weighted by atomic mass is 9.49. The Hall–Kier alpha value is -2.41. The van der Waals surface area contributed by atoms with Gasteiger partial charge in [-0.15, -0.1) is 0 Å². The van der Waals surface area contributed by atoms with Crippen molar-refractivity contribution < 1.29 is 14.3 Å². The highest BCUT2D eigenvalue weighted by Crippen LogP contribution is 2.60. The fourth-order valence-electron chi connectivity index (χ4n) is 8.24. The maximum Gasteiger partial charge on any atom is 0.247 e. The van der Waals surface area contributed by atoms with Crippen LogP contribution in [0.2, 0.25) is 0 Å². The third-order valence-corrected chi connectivity index (χ3v) is 9.31. The molecule has 4 aliphatic carbocycles. The monoisotopic (exact) mass is 462 g/mol. The summed E-state index contributed by atoms with van der Waals surface area (Å²) < 4.78 is 5.75. The summed E-state index contributed by atoms with van der Waals surface area (Å²) in [5, 5.41) is 3.10. The minimum Gasteiger partial charge on any atom is -0.370 e. The van der Waals surface area contributed by atoms with Crippen molar-refractivity contribution in [2.45, 2.75) is 76.4 Å². The minimum atomic E-state index is -0.361. The smallest absolute Gasteiger partial charge is 0.247 e. The van der Waals surface area contributed by atoms with Crippen LogP contribution in [-0.4, -0.2) is 45.9 Å². The number of likely N-dealkylation sites (tertiary alicyclic amines) is 1. The van der Waals surface area contributed by atoms with Crippen LogP contribution >= 0.6 is 0 Å². The highest BCUT2D eigenvalue weighted by Gasteiger charge is 2.56. The standard InChI is InChI=1S/C27H34N4O3/c32-25(28-19-5-6-20-21(12-19)30-24(29-20)23-4-2-8-34-23)22-3-1-7-31(22)26(33)27-13-16-9-17(14-27)11-18(10-16)15-27/h5-6,12,16-18,22-23H,1-4,7-11,13-15H2,(H,28,32)(H,29,30). The molecule has 1 aromatic heterocycles. The molecule has 180 valence electrons. The molecule has 0 radical (unpaired) electrons. The Morgan fingerprint density at radius 2 is 1.82 bits per heavy atom. The first-order valence-electron chi connectivity index (χ1n) is 13.3. The third kappa shape index (κ3) is 3.38. The third-order valence-electron chi connectivity index (χ3n) is 9.31. The summed E-state index contributed by atoms with van der Waals surface area (Å²) in [6, 6.07) is 5.42. The van der Waals surface area contributed by atoms with Crippen LogP contribution in [-0.2, 0) is 14.3 Å². The second kappa shape index (κ2) is 7.80. The van der Waals surface area contributed by atoms with Crippen LogP contribution in [0, 0.1) is 23.2 Å². The Balaban J connectivity index is 1.08. The summed E-state index contributed by atoms with van der Waals surface area (Å²) in [5.41, 5.74) is 2.33. The molecule has 2 amide bonds. The average molecular weight is 463 g/mol. The predicted molar refractivity (Wildman–Crippen MR) is 128 cm³/mol. The molecule has 2 atom stereocenters. The normalized spacial score (nSPS) is 36.5. The molecule has 2 saturated heterocycles. The number of carbonyl (C=O) groups is 2. The van der Waals surface area contributed by atoms with Gasteiger partial charge >= 0.3 is 0 Å². The number of aromatic amines is 1. The van der Waals surface area contributed by atoms with E-state index in [-0.39, 0.29) is 29.4 Å². The van der Waals surface area contributed by atoms with E-state index in [1.165, 1.54) is 19.3 Å². The van der Waals surface area contributed by atoms with Gasteiger partial charge in [-0.1, -0.05) is 0 Å². The molecule has 0 spiro atoms. The van der Waals surface area contributed by atoms with E-state index in [1.54, 1.807) is 0 Å². The molecular formula is C27H34N4O3. The van der Waals surface area contributed by atoms with Gasteiger partial charge in [0, 0.05) is 18.8 Å². The molecule has 4 bridgehead atoms. The highest BCUT2D eigenvalue weighted by atomic mass is 16.5. The van der Waals surface area contributed by atoms with Crippen LogP contribution in [0.4, 0.5) is 5.69 Å². The quantitative estimate of drug-likeness (QED) is 0.697. The van der Waals surface area contributed by atoms with Crippen molar-refractivity contribution in [2.24, 2.45) is 23.2 Å². The fourth-order valence-corrected chi connectivity index (χ4v) is 8.24. The van der Waals surface area contributed by atoms with Gasteiger partial charge in [0.25, 0.3) is 0 Å². The van der Waals surface area contributed by atoms with Gasteiger partial charge in [-0.25, -0.2) is 4.98 Å². The van der Waals surface area contributed by atoms with Crippen LogP contribution in [0.3, 0.4) is 0 Å². The van der Waals surface area contributed by atoms with Gasteiger partial charge in [0.15, 0.2) is 0 Å². The van der Waals surface area contributed by atoms with Crippen LogP contribution in [0.1, 0.15) is 76.1 Å². The van der Waals surface area contributed by atoms with Gasteiger partial charge in [0.1, 0.15) is 18.0 Å². The Bertz CT molecular complexity index is 1100. The summed E-state index contributed by atoms with van der Waals surface area (Å²) in [6.45, 7) is 1.49. The summed E-state index contributed by atoms with van der Waals surface area (Å²) in [7, 11) is 0. The van der Waals surface area contributed by atoms with E-state index >= 15 is 0 Å². The molecule has 2 aromatic rings. The van der Waals surface area contributed by atoms with Gasteiger partial charge in [-0.2, -0.15) is 0 Å². The van der Waals surface area contributed by atoms with Crippen molar-refractivity contribution >= 4 is 28.5 Å². The molecule has 8 rings (SSSR count). The van der Waals surface area contributed by atoms with Gasteiger partial charge in [0.2, 0.25) is 11.8 Å². The van der Waals surface area contributed by atoms with Crippen molar-refractivity contribution in [1.82, 2.24) is 14.9 Å². The number of aromatic nitrogens is 2. The Kier molecular flexibility index (Phi) is 4.80. The SMILES string of the molecule is O=C(Nc1ccc2nc(C3CCCO3)[nH]c2c1)C1CCCN1C(=O)C12CC3CC(CC(C3)C1)C2. The lowest BCUT2D eigenvalue weighted by Crippen LogP contribution is -2.56. The Morgan fingerprint density at radius 3 is 2.53 bits per heavy atom. The molecule has 2 unspecified atom stereocenters. The van der Waals surface area contributed by atoms with E-state index in [4.69, 9.17) is 4.74 Å². The number of nitrogens with one attached hydrogen (secondary N) is 2. The van der Waals surface area contributed by atoms with Crippen molar-refractivity contribution in [3.63, 3.8) is 0 Å². The molecule has 6 fully saturated rings. The number of nitrogens with zero attached hydrogens (tertiary/aromatic N) is 2. The predicted octanol–water partition coefficient (Wildman–Crippen LogP) is 4.56. The topological polar surface area (TPSA) is 87.3 Å². The maximum atomic E-state index is 13.9. The second-order valence-electron chi connectivity index (χ2n) is 11.7. The van der Waals surface area contributed by atoms with Gasteiger partial charge in [-0.05, 0) is 100 Å². The van der Waals surface area contributed by atoms with Crippen molar-refractivity contribution in [2.75, 3.05) is 18.5 Å². The van der Waals surface area contributed by atoms with Crippen molar-refractivity contribution in [3.8, 4) is 0 Å². The number of amides is 2. The molecule has 34 heavy (non-hydrogen) atoms. The molecule has 2 N–H and O–H groups in total. The average Bonchev–Trinajstić information content (AvgIpc) is 3.57. The van der Waals surface area contributed by atoms with E-state index in [9.17, 15) is 9.59 Å². The molecule has 2 aliphatic heterocycles. The first-order valence-corrected chi connectivity index (χ1v) is 13.3. The fraction of sp³-hybridized carbons (Fsp3) is 0.667. The number of carbonyl (C=O) groups excluding carboxylic acids is 2. The zero-order chi connectivity index (χ0) is 22.9. The van der Waals surface area contributed by atoms with E-state index < -0.39 is 0 Å². The summed E-state index contributed by atoms with van der Waals surface area (Å²) in [5.74, 6) is 3.25. The Morgan fingerprint density at radius 1 is 1.06 bits per heavy atom. The largest absolute Gasteiger partial charge is 0.370 e. The summed E-state index contributed by atoms with van der Waals surface area (Å²) in [6.07, 6.45) is 10.8. The number of ether oxygens (including phenoxy) is 1. The second-order valence-corrected chi connectivity index (χ2v) is 11.7. The lowest BCUT2D eigenvalue weighted by Gasteiger charge is -2.56. The number of benzene rings is 1. The molecule has 1 aromatic carbocycles. The van der Waals surface area contributed by atoms with Gasteiger partial charge < -0.3 is 19.9 Å². The maximum absolute atomic E-state index is 13.9. The zero-order valence-corrected chi connectivity index (χ0v) is 19.7. The Labute approximate surface area is 200 Å². The molecule has 6 aliphatic rings. The zero-order valence-electron chi connectivity index (χ0n) is 19.7. The number of anilines is 1. The molecular weight excluding hydrogens is 428 g/mol. The highest BCUT2D eigenvalue weighted by molar-refractivity contribution is 5.99. The number of hydrogen-bond donors (Lipinski definition) is 2.